The summed E-state index contributed by atoms with van der Waals surface area (Å²) in [6, 6.07) is 4.97. The first-order chi connectivity index (χ1) is 9.50. The Hall–Kier alpha value is -2.14. The standard InChI is InChI=1S/C14H14ClN3O2/c1-9(10-3-5-16-6-4-10)18(2)14(20)11-7-12(15)13(19)17-8-11/h3-9H,1-2H3,(H,17,19)/t9-/m1/s1. The van der Waals surface area contributed by atoms with Crippen molar-refractivity contribution in [2.24, 2.45) is 0 Å². The number of nitrogens with zero attached hydrogens (tertiary/aromatic N) is 2. The van der Waals surface area contributed by atoms with Crippen molar-refractivity contribution in [2.45, 2.75) is 13.0 Å². The van der Waals surface area contributed by atoms with E-state index in [4.69, 9.17) is 11.6 Å². The van der Waals surface area contributed by atoms with Crippen LogP contribution in [0.4, 0.5) is 0 Å². The summed E-state index contributed by atoms with van der Waals surface area (Å²) in [6.07, 6.45) is 4.73. The minimum atomic E-state index is -0.409. The van der Waals surface area contributed by atoms with Crippen LogP contribution in [0.5, 0.6) is 0 Å². The fourth-order valence-corrected chi connectivity index (χ4v) is 2.00. The van der Waals surface area contributed by atoms with Crippen LogP contribution in [-0.2, 0) is 0 Å². The summed E-state index contributed by atoms with van der Waals surface area (Å²) in [6.45, 7) is 1.92. The molecule has 2 aromatic heterocycles. The summed E-state index contributed by atoms with van der Waals surface area (Å²) in [5, 5.41) is 0.000754. The van der Waals surface area contributed by atoms with Crippen molar-refractivity contribution < 1.29 is 4.79 Å². The minimum Gasteiger partial charge on any atom is -0.335 e. The zero-order valence-electron chi connectivity index (χ0n) is 11.1. The monoisotopic (exact) mass is 291 g/mol. The van der Waals surface area contributed by atoms with Crippen LogP contribution < -0.4 is 5.56 Å². The lowest BCUT2D eigenvalue weighted by Crippen LogP contribution is -2.30. The average Bonchev–Trinajstić information content (AvgIpc) is 2.48. The van der Waals surface area contributed by atoms with Crippen LogP contribution in [-0.4, -0.2) is 27.8 Å². The van der Waals surface area contributed by atoms with Crippen LogP contribution in [0.2, 0.25) is 5.02 Å². The van der Waals surface area contributed by atoms with Crippen LogP contribution in [0.25, 0.3) is 0 Å². The van der Waals surface area contributed by atoms with E-state index in [1.807, 2.05) is 19.1 Å². The summed E-state index contributed by atoms with van der Waals surface area (Å²) in [5.74, 6) is -0.215. The predicted molar refractivity (Wildman–Crippen MR) is 76.8 cm³/mol. The first-order valence-corrected chi connectivity index (χ1v) is 6.44. The molecular weight excluding hydrogens is 278 g/mol. The van der Waals surface area contributed by atoms with Crippen molar-refractivity contribution in [3.63, 3.8) is 0 Å². The summed E-state index contributed by atoms with van der Waals surface area (Å²) in [4.78, 5) is 31.5. The Morgan fingerprint density at radius 1 is 1.40 bits per heavy atom. The molecule has 0 aliphatic rings. The van der Waals surface area contributed by atoms with Gasteiger partial charge in [-0.25, -0.2) is 0 Å². The smallest absolute Gasteiger partial charge is 0.266 e. The molecule has 0 aliphatic heterocycles. The molecule has 0 aromatic carbocycles. The summed E-state index contributed by atoms with van der Waals surface area (Å²) in [7, 11) is 1.70. The zero-order valence-corrected chi connectivity index (χ0v) is 11.9. The largest absolute Gasteiger partial charge is 0.335 e. The molecule has 0 saturated carbocycles. The second-order valence-electron chi connectivity index (χ2n) is 4.44. The van der Waals surface area contributed by atoms with E-state index in [1.165, 1.54) is 12.3 Å². The molecule has 1 atom stereocenters. The number of aromatic nitrogens is 2. The lowest BCUT2D eigenvalue weighted by molar-refractivity contribution is 0.0742. The molecule has 0 aliphatic carbocycles. The molecule has 0 radical (unpaired) electrons. The van der Waals surface area contributed by atoms with Crippen molar-refractivity contribution in [3.8, 4) is 0 Å². The van der Waals surface area contributed by atoms with E-state index in [0.717, 1.165) is 5.56 Å². The Morgan fingerprint density at radius 3 is 2.65 bits per heavy atom. The molecule has 104 valence electrons. The highest BCUT2D eigenvalue weighted by atomic mass is 35.5. The van der Waals surface area contributed by atoms with Crippen molar-refractivity contribution in [1.82, 2.24) is 14.9 Å². The van der Waals surface area contributed by atoms with Gasteiger partial charge in [0.1, 0.15) is 5.02 Å². The Balaban J connectivity index is 2.24. The highest BCUT2D eigenvalue weighted by Crippen LogP contribution is 2.20. The Bertz CT molecular complexity index is 670. The lowest BCUT2D eigenvalue weighted by atomic mass is 10.1. The van der Waals surface area contributed by atoms with Crippen LogP contribution in [0, 0.1) is 0 Å². The molecule has 6 heteroatoms. The number of aromatic amines is 1. The van der Waals surface area contributed by atoms with Gasteiger partial charge in [0, 0.05) is 25.6 Å². The number of pyridine rings is 2. The van der Waals surface area contributed by atoms with E-state index < -0.39 is 5.56 Å². The van der Waals surface area contributed by atoms with Crippen molar-refractivity contribution in [1.29, 1.82) is 0 Å². The fourth-order valence-electron chi connectivity index (χ4n) is 1.82. The van der Waals surface area contributed by atoms with E-state index >= 15 is 0 Å². The van der Waals surface area contributed by atoms with Gasteiger partial charge in [-0.1, -0.05) is 11.6 Å². The molecule has 2 heterocycles. The second kappa shape index (κ2) is 5.88. The van der Waals surface area contributed by atoms with Crippen molar-refractivity contribution in [3.05, 3.63) is 63.3 Å². The maximum atomic E-state index is 12.4. The number of hydrogen-bond donors (Lipinski definition) is 1. The molecule has 0 bridgehead atoms. The van der Waals surface area contributed by atoms with E-state index in [9.17, 15) is 9.59 Å². The van der Waals surface area contributed by atoms with Crippen LogP contribution in [0.15, 0.2) is 41.6 Å². The minimum absolute atomic E-state index is 0.000754. The molecule has 0 spiro atoms. The molecule has 0 fully saturated rings. The van der Waals surface area contributed by atoms with Gasteiger partial charge in [0.25, 0.3) is 11.5 Å². The Labute approximate surface area is 121 Å². The summed E-state index contributed by atoms with van der Waals surface area (Å²) >= 11 is 5.74. The molecule has 5 nitrogen and oxygen atoms in total. The van der Waals surface area contributed by atoms with Crippen LogP contribution >= 0.6 is 11.6 Å². The van der Waals surface area contributed by atoms with Gasteiger partial charge < -0.3 is 9.88 Å². The highest BCUT2D eigenvalue weighted by Gasteiger charge is 2.19. The Morgan fingerprint density at radius 2 is 2.05 bits per heavy atom. The average molecular weight is 292 g/mol. The van der Waals surface area contributed by atoms with Gasteiger partial charge in [-0.15, -0.1) is 0 Å². The third kappa shape index (κ3) is 2.88. The third-order valence-electron chi connectivity index (χ3n) is 3.19. The molecule has 2 aromatic rings. The van der Waals surface area contributed by atoms with Gasteiger partial charge in [-0.05, 0) is 30.7 Å². The number of halogens is 1. The maximum absolute atomic E-state index is 12.4. The third-order valence-corrected chi connectivity index (χ3v) is 3.48. The van der Waals surface area contributed by atoms with Crippen molar-refractivity contribution >= 4 is 17.5 Å². The number of nitrogens with one attached hydrogen (secondary N) is 1. The van der Waals surface area contributed by atoms with E-state index in [0.29, 0.717) is 5.56 Å². The molecule has 0 saturated heterocycles. The van der Waals surface area contributed by atoms with E-state index in [1.54, 1.807) is 24.3 Å². The van der Waals surface area contributed by atoms with Gasteiger partial charge in [0.05, 0.1) is 11.6 Å². The number of hydrogen-bond acceptors (Lipinski definition) is 3. The van der Waals surface area contributed by atoms with Gasteiger partial charge in [0.15, 0.2) is 0 Å². The number of H-pyrrole nitrogens is 1. The number of carbonyl (C=O) groups excluding carboxylic acids is 1. The zero-order chi connectivity index (χ0) is 14.7. The van der Waals surface area contributed by atoms with Gasteiger partial charge in [0.2, 0.25) is 0 Å². The molecule has 1 amide bonds. The van der Waals surface area contributed by atoms with Crippen LogP contribution in [0.1, 0.15) is 28.9 Å². The van der Waals surface area contributed by atoms with Crippen molar-refractivity contribution in [2.75, 3.05) is 7.05 Å². The quantitative estimate of drug-likeness (QED) is 0.943. The first kappa shape index (κ1) is 14.3. The lowest BCUT2D eigenvalue weighted by Gasteiger charge is -2.25. The summed E-state index contributed by atoms with van der Waals surface area (Å²) < 4.78 is 0. The topological polar surface area (TPSA) is 66.1 Å². The fraction of sp³-hybridized carbons (Fsp3) is 0.214. The SMILES string of the molecule is C[C@H](c1ccncc1)N(C)C(=O)c1c[nH]c(=O)c(Cl)c1. The first-order valence-electron chi connectivity index (χ1n) is 6.06. The molecule has 0 unspecified atom stereocenters. The molecule has 1 N–H and O–H groups in total. The number of carbonyl (C=O) groups is 1. The molecule has 20 heavy (non-hydrogen) atoms. The number of amides is 1. The maximum Gasteiger partial charge on any atom is 0.266 e. The van der Waals surface area contributed by atoms with E-state index in [2.05, 4.69) is 9.97 Å². The van der Waals surface area contributed by atoms with E-state index in [-0.39, 0.29) is 17.0 Å². The molecule has 2 rings (SSSR count). The Kier molecular flexibility index (Phi) is 4.20. The normalized spacial score (nSPS) is 11.9. The van der Waals surface area contributed by atoms with Gasteiger partial charge in [-0.3, -0.25) is 14.6 Å². The predicted octanol–water partition coefficient (Wildman–Crippen LogP) is 2.26. The summed E-state index contributed by atoms with van der Waals surface area (Å²) in [5.41, 5.74) is 0.914. The highest BCUT2D eigenvalue weighted by molar-refractivity contribution is 6.30. The molecular formula is C14H14ClN3O2. The van der Waals surface area contributed by atoms with Crippen LogP contribution in [0.3, 0.4) is 0 Å². The second-order valence-corrected chi connectivity index (χ2v) is 4.85. The van der Waals surface area contributed by atoms with Gasteiger partial charge in [-0.2, -0.15) is 0 Å². The van der Waals surface area contributed by atoms with Gasteiger partial charge >= 0.3 is 0 Å². The number of rotatable bonds is 3.